The SMILES string of the molecule is O=C(CSc1nnnn1-c1ccc(Cl)cc1)N1CCN(Cc2ccccc2)CC1. The highest BCUT2D eigenvalue weighted by Gasteiger charge is 2.22. The molecule has 3 aromatic rings. The largest absolute Gasteiger partial charge is 0.339 e. The Morgan fingerprint density at radius 3 is 2.45 bits per heavy atom. The fourth-order valence-corrected chi connectivity index (χ4v) is 4.15. The van der Waals surface area contributed by atoms with Crippen LogP contribution in [0.1, 0.15) is 5.56 Å². The van der Waals surface area contributed by atoms with Gasteiger partial charge in [0, 0.05) is 37.7 Å². The molecular weight excluding hydrogens is 408 g/mol. The standard InChI is InChI=1S/C20H21ClN6OS/c21-17-6-8-18(9-7-17)27-20(22-23-24-27)29-15-19(28)26-12-10-25(11-13-26)14-16-4-2-1-3-5-16/h1-9H,10-15H2. The molecule has 0 spiro atoms. The van der Waals surface area contributed by atoms with Gasteiger partial charge < -0.3 is 4.90 Å². The molecule has 7 nitrogen and oxygen atoms in total. The maximum Gasteiger partial charge on any atom is 0.233 e. The number of aromatic nitrogens is 4. The molecule has 150 valence electrons. The van der Waals surface area contributed by atoms with E-state index in [4.69, 9.17) is 11.6 Å². The molecule has 9 heteroatoms. The molecule has 1 aromatic heterocycles. The summed E-state index contributed by atoms with van der Waals surface area (Å²) in [4.78, 5) is 16.9. The number of piperazine rings is 1. The van der Waals surface area contributed by atoms with Gasteiger partial charge in [-0.2, -0.15) is 4.68 Å². The van der Waals surface area contributed by atoms with Gasteiger partial charge in [-0.15, -0.1) is 5.10 Å². The van der Waals surface area contributed by atoms with E-state index in [1.807, 2.05) is 23.1 Å². The van der Waals surface area contributed by atoms with Crippen LogP contribution in [-0.2, 0) is 11.3 Å². The highest BCUT2D eigenvalue weighted by Crippen LogP contribution is 2.20. The van der Waals surface area contributed by atoms with Gasteiger partial charge in [-0.1, -0.05) is 53.7 Å². The van der Waals surface area contributed by atoms with E-state index in [2.05, 4.69) is 44.7 Å². The highest BCUT2D eigenvalue weighted by atomic mass is 35.5. The van der Waals surface area contributed by atoms with Crippen LogP contribution in [0, 0.1) is 0 Å². The van der Waals surface area contributed by atoms with Gasteiger partial charge in [0.15, 0.2) is 0 Å². The van der Waals surface area contributed by atoms with Crippen LogP contribution in [0.3, 0.4) is 0 Å². The van der Waals surface area contributed by atoms with E-state index in [1.54, 1.807) is 16.8 Å². The third-order valence-corrected chi connectivity index (χ3v) is 5.97. The van der Waals surface area contributed by atoms with E-state index in [1.165, 1.54) is 17.3 Å². The quantitative estimate of drug-likeness (QED) is 0.562. The van der Waals surface area contributed by atoms with Gasteiger partial charge in [0.25, 0.3) is 0 Å². The molecule has 0 saturated carbocycles. The van der Waals surface area contributed by atoms with E-state index in [-0.39, 0.29) is 5.91 Å². The Hall–Kier alpha value is -2.42. The number of halogens is 1. The highest BCUT2D eigenvalue weighted by molar-refractivity contribution is 7.99. The number of rotatable bonds is 6. The summed E-state index contributed by atoms with van der Waals surface area (Å²) in [6.45, 7) is 4.18. The van der Waals surface area contributed by atoms with Crippen molar-refractivity contribution in [1.82, 2.24) is 30.0 Å². The Morgan fingerprint density at radius 2 is 1.72 bits per heavy atom. The van der Waals surface area contributed by atoms with Crippen molar-refractivity contribution in [3.8, 4) is 5.69 Å². The average molecular weight is 429 g/mol. The van der Waals surface area contributed by atoms with Crippen LogP contribution in [0.4, 0.5) is 0 Å². The van der Waals surface area contributed by atoms with Crippen LogP contribution >= 0.6 is 23.4 Å². The lowest BCUT2D eigenvalue weighted by Crippen LogP contribution is -2.48. The van der Waals surface area contributed by atoms with Crippen molar-refractivity contribution in [2.24, 2.45) is 0 Å². The number of hydrogen-bond donors (Lipinski definition) is 0. The number of nitrogens with zero attached hydrogens (tertiary/aromatic N) is 6. The normalized spacial score (nSPS) is 14.9. The minimum atomic E-state index is 0.111. The summed E-state index contributed by atoms with van der Waals surface area (Å²) >= 11 is 7.28. The molecule has 0 N–H and O–H groups in total. The van der Waals surface area contributed by atoms with Crippen LogP contribution in [0.5, 0.6) is 0 Å². The maximum absolute atomic E-state index is 12.6. The summed E-state index contributed by atoms with van der Waals surface area (Å²) in [5.41, 5.74) is 2.11. The zero-order valence-electron chi connectivity index (χ0n) is 15.8. The van der Waals surface area contributed by atoms with Crippen LogP contribution in [0.2, 0.25) is 5.02 Å². The van der Waals surface area contributed by atoms with E-state index in [0.29, 0.717) is 15.9 Å². The second-order valence-electron chi connectivity index (χ2n) is 6.78. The van der Waals surface area contributed by atoms with E-state index >= 15 is 0 Å². The van der Waals surface area contributed by atoms with E-state index in [9.17, 15) is 4.79 Å². The molecule has 2 heterocycles. The fraction of sp³-hybridized carbons (Fsp3) is 0.300. The average Bonchev–Trinajstić information content (AvgIpc) is 3.22. The summed E-state index contributed by atoms with van der Waals surface area (Å²) in [6, 6.07) is 17.7. The monoisotopic (exact) mass is 428 g/mol. The van der Waals surface area contributed by atoms with Crippen molar-refractivity contribution in [1.29, 1.82) is 0 Å². The maximum atomic E-state index is 12.6. The first-order chi connectivity index (χ1) is 14.2. The number of carbonyl (C=O) groups is 1. The molecule has 0 bridgehead atoms. The zero-order valence-corrected chi connectivity index (χ0v) is 17.4. The molecule has 1 aliphatic rings. The van der Waals surface area contributed by atoms with Crippen molar-refractivity contribution in [3.05, 3.63) is 65.2 Å². The van der Waals surface area contributed by atoms with Crippen molar-refractivity contribution < 1.29 is 4.79 Å². The minimum absolute atomic E-state index is 0.111. The number of amides is 1. The Kier molecular flexibility index (Phi) is 6.43. The second kappa shape index (κ2) is 9.39. The first-order valence-corrected chi connectivity index (χ1v) is 10.8. The first-order valence-electron chi connectivity index (χ1n) is 9.40. The third-order valence-electron chi connectivity index (χ3n) is 4.81. The predicted octanol–water partition coefficient (Wildman–Crippen LogP) is 2.75. The number of carbonyl (C=O) groups excluding carboxylic acids is 1. The topological polar surface area (TPSA) is 67.2 Å². The molecule has 0 atom stereocenters. The smallest absolute Gasteiger partial charge is 0.233 e. The lowest BCUT2D eigenvalue weighted by Gasteiger charge is -2.34. The molecule has 1 aliphatic heterocycles. The van der Waals surface area contributed by atoms with Crippen LogP contribution in [0.25, 0.3) is 5.69 Å². The fourth-order valence-electron chi connectivity index (χ4n) is 3.23. The number of thioether (sulfide) groups is 1. The summed E-state index contributed by atoms with van der Waals surface area (Å²) in [6.07, 6.45) is 0. The molecular formula is C20H21ClN6OS. The molecule has 2 aromatic carbocycles. The van der Waals surface area contributed by atoms with E-state index < -0.39 is 0 Å². The molecule has 29 heavy (non-hydrogen) atoms. The molecule has 0 radical (unpaired) electrons. The van der Waals surface area contributed by atoms with Gasteiger partial charge in [-0.25, -0.2) is 0 Å². The second-order valence-corrected chi connectivity index (χ2v) is 8.16. The Bertz CT molecular complexity index is 941. The van der Waals surface area contributed by atoms with E-state index in [0.717, 1.165) is 38.4 Å². The van der Waals surface area contributed by atoms with Gasteiger partial charge in [0.2, 0.25) is 11.1 Å². The van der Waals surface area contributed by atoms with Crippen molar-refractivity contribution >= 4 is 29.3 Å². The molecule has 1 fully saturated rings. The molecule has 4 rings (SSSR count). The number of tetrazole rings is 1. The van der Waals surface area contributed by atoms with Crippen LogP contribution < -0.4 is 0 Å². The molecule has 0 unspecified atom stereocenters. The lowest BCUT2D eigenvalue weighted by molar-refractivity contribution is -0.130. The summed E-state index contributed by atoms with van der Waals surface area (Å²) in [5.74, 6) is 0.423. The van der Waals surface area contributed by atoms with Crippen LogP contribution in [0.15, 0.2) is 59.8 Å². The third kappa shape index (κ3) is 5.14. The van der Waals surface area contributed by atoms with Crippen molar-refractivity contribution in [3.63, 3.8) is 0 Å². The predicted molar refractivity (Wildman–Crippen MR) is 113 cm³/mol. The summed E-state index contributed by atoms with van der Waals surface area (Å²) in [7, 11) is 0. The Labute approximate surface area is 178 Å². The van der Waals surface area contributed by atoms with Crippen molar-refractivity contribution in [2.45, 2.75) is 11.7 Å². The van der Waals surface area contributed by atoms with Gasteiger partial charge in [-0.05, 0) is 40.3 Å². The number of hydrogen-bond acceptors (Lipinski definition) is 6. The number of benzene rings is 2. The van der Waals surface area contributed by atoms with Gasteiger partial charge in [0.05, 0.1) is 11.4 Å². The van der Waals surface area contributed by atoms with Gasteiger partial charge in [-0.3, -0.25) is 9.69 Å². The van der Waals surface area contributed by atoms with Gasteiger partial charge >= 0.3 is 0 Å². The molecule has 1 amide bonds. The Morgan fingerprint density at radius 1 is 1.00 bits per heavy atom. The summed E-state index contributed by atoms with van der Waals surface area (Å²) < 4.78 is 1.62. The zero-order chi connectivity index (χ0) is 20.1. The molecule has 0 aliphatic carbocycles. The van der Waals surface area contributed by atoms with Crippen molar-refractivity contribution in [2.75, 3.05) is 31.9 Å². The molecule has 1 saturated heterocycles. The van der Waals surface area contributed by atoms with Crippen LogP contribution in [-0.4, -0.2) is 67.8 Å². The minimum Gasteiger partial charge on any atom is -0.339 e. The Balaban J connectivity index is 1.28. The van der Waals surface area contributed by atoms with Gasteiger partial charge in [0.1, 0.15) is 0 Å². The summed E-state index contributed by atoms with van der Waals surface area (Å²) in [5, 5.41) is 13.0. The lowest BCUT2D eigenvalue weighted by atomic mass is 10.2. The first kappa shape index (κ1) is 19.9.